The number of thiazole rings is 1. The Morgan fingerprint density at radius 2 is 2.11 bits per heavy atom. The molecule has 1 fully saturated rings. The highest BCUT2D eigenvalue weighted by molar-refractivity contribution is 7.09. The van der Waals surface area contributed by atoms with E-state index in [1.54, 1.807) is 11.3 Å². The van der Waals surface area contributed by atoms with Crippen molar-refractivity contribution in [1.82, 2.24) is 4.98 Å². The van der Waals surface area contributed by atoms with Crippen LogP contribution in [0.25, 0.3) is 11.3 Å². The first-order valence-corrected chi connectivity index (χ1v) is 7.61. The second-order valence-electron chi connectivity index (χ2n) is 4.94. The molecule has 1 unspecified atom stereocenters. The zero-order valence-electron chi connectivity index (χ0n) is 10.8. The fourth-order valence-electron chi connectivity index (χ4n) is 2.35. The summed E-state index contributed by atoms with van der Waals surface area (Å²) in [5.41, 5.74) is 8.65. The minimum absolute atomic E-state index is 0.360. The molecule has 3 rings (SSSR count). The first kappa shape index (κ1) is 12.6. The number of ether oxygens (including phenoxy) is 1. The van der Waals surface area contributed by atoms with Gasteiger partial charge >= 0.3 is 0 Å². The minimum Gasteiger partial charge on any atom is -0.399 e. The summed E-state index contributed by atoms with van der Waals surface area (Å²) in [7, 11) is 0. The Labute approximate surface area is 117 Å². The lowest BCUT2D eigenvalue weighted by atomic mass is 10.1. The van der Waals surface area contributed by atoms with Gasteiger partial charge in [-0.25, -0.2) is 4.98 Å². The van der Waals surface area contributed by atoms with E-state index < -0.39 is 0 Å². The van der Waals surface area contributed by atoms with Crippen LogP contribution in [0.4, 0.5) is 5.69 Å². The molecule has 4 heteroatoms. The molecule has 2 aromatic rings. The number of nitrogens with zero attached hydrogens (tertiary/aromatic N) is 1. The fourth-order valence-corrected chi connectivity index (χ4v) is 3.22. The van der Waals surface area contributed by atoms with Crippen LogP contribution in [0.1, 0.15) is 24.3 Å². The first-order valence-electron chi connectivity index (χ1n) is 6.73. The van der Waals surface area contributed by atoms with Crippen LogP contribution < -0.4 is 5.73 Å². The van der Waals surface area contributed by atoms with Crippen molar-refractivity contribution in [1.29, 1.82) is 0 Å². The van der Waals surface area contributed by atoms with Gasteiger partial charge in [0.2, 0.25) is 0 Å². The smallest absolute Gasteiger partial charge is 0.0958 e. The van der Waals surface area contributed by atoms with E-state index in [0.29, 0.717) is 6.10 Å². The van der Waals surface area contributed by atoms with E-state index in [2.05, 4.69) is 5.38 Å². The summed E-state index contributed by atoms with van der Waals surface area (Å²) in [4.78, 5) is 4.70. The topological polar surface area (TPSA) is 48.1 Å². The molecule has 3 nitrogen and oxygen atoms in total. The molecule has 1 aromatic heterocycles. The fraction of sp³-hybridized carbons (Fsp3) is 0.400. The van der Waals surface area contributed by atoms with Crippen molar-refractivity contribution in [2.45, 2.75) is 31.8 Å². The van der Waals surface area contributed by atoms with Gasteiger partial charge in [0.15, 0.2) is 0 Å². The van der Waals surface area contributed by atoms with Crippen LogP contribution in [0.15, 0.2) is 29.6 Å². The highest BCUT2D eigenvalue weighted by Gasteiger charge is 2.16. The molecule has 0 aliphatic carbocycles. The molecule has 1 saturated heterocycles. The summed E-state index contributed by atoms with van der Waals surface area (Å²) in [5.74, 6) is 0. The van der Waals surface area contributed by atoms with Crippen molar-refractivity contribution in [3.05, 3.63) is 34.7 Å². The van der Waals surface area contributed by atoms with Gasteiger partial charge in [0, 0.05) is 29.7 Å². The molecule has 19 heavy (non-hydrogen) atoms. The number of aromatic nitrogens is 1. The van der Waals surface area contributed by atoms with E-state index >= 15 is 0 Å². The predicted octanol–water partition coefficient (Wildman–Crippen LogP) is 3.50. The van der Waals surface area contributed by atoms with Crippen molar-refractivity contribution in [3.8, 4) is 11.3 Å². The third-order valence-electron chi connectivity index (χ3n) is 3.43. The molecule has 1 aromatic carbocycles. The van der Waals surface area contributed by atoms with E-state index in [4.69, 9.17) is 15.5 Å². The molecule has 0 bridgehead atoms. The van der Waals surface area contributed by atoms with Crippen LogP contribution in [0.3, 0.4) is 0 Å². The Morgan fingerprint density at radius 1 is 1.26 bits per heavy atom. The summed E-state index contributed by atoms with van der Waals surface area (Å²) in [6.07, 6.45) is 4.95. The van der Waals surface area contributed by atoms with Crippen LogP contribution in [0, 0.1) is 0 Å². The number of hydrogen-bond donors (Lipinski definition) is 1. The maximum Gasteiger partial charge on any atom is 0.0958 e. The van der Waals surface area contributed by atoms with E-state index in [1.165, 1.54) is 17.8 Å². The highest BCUT2D eigenvalue weighted by atomic mass is 32.1. The average Bonchev–Trinajstić information content (AvgIpc) is 2.89. The highest BCUT2D eigenvalue weighted by Crippen LogP contribution is 2.25. The van der Waals surface area contributed by atoms with Gasteiger partial charge in [-0.15, -0.1) is 11.3 Å². The number of anilines is 1. The molecular weight excluding hydrogens is 256 g/mol. The standard InChI is InChI=1S/C15H18N2OS/c16-12-6-4-11(5-7-12)14-10-19-15(17-14)9-13-3-1-2-8-18-13/h4-7,10,13H,1-3,8-9,16H2. The lowest BCUT2D eigenvalue weighted by molar-refractivity contribution is 0.0168. The van der Waals surface area contributed by atoms with E-state index in [-0.39, 0.29) is 0 Å². The molecule has 2 N–H and O–H groups in total. The summed E-state index contributed by atoms with van der Waals surface area (Å²) >= 11 is 1.72. The Hall–Kier alpha value is -1.39. The Balaban J connectivity index is 1.70. The lowest BCUT2D eigenvalue weighted by Gasteiger charge is -2.21. The van der Waals surface area contributed by atoms with Crippen molar-refractivity contribution < 1.29 is 4.74 Å². The van der Waals surface area contributed by atoms with Gasteiger partial charge in [0.25, 0.3) is 0 Å². The predicted molar refractivity (Wildman–Crippen MR) is 79.3 cm³/mol. The molecule has 2 heterocycles. The summed E-state index contributed by atoms with van der Waals surface area (Å²) in [6, 6.07) is 7.87. The molecular formula is C15H18N2OS. The summed E-state index contributed by atoms with van der Waals surface area (Å²) < 4.78 is 5.76. The number of nitrogen functional groups attached to an aromatic ring is 1. The molecule has 0 amide bonds. The summed E-state index contributed by atoms with van der Waals surface area (Å²) in [6.45, 7) is 0.904. The second-order valence-corrected chi connectivity index (χ2v) is 5.88. The molecule has 1 aliphatic heterocycles. The first-order chi connectivity index (χ1) is 9.31. The SMILES string of the molecule is Nc1ccc(-c2csc(CC3CCCCO3)n2)cc1. The Kier molecular flexibility index (Phi) is 3.80. The Morgan fingerprint density at radius 3 is 2.84 bits per heavy atom. The molecule has 1 aliphatic rings. The van der Waals surface area contributed by atoms with Crippen LogP contribution in [-0.2, 0) is 11.2 Å². The average molecular weight is 274 g/mol. The van der Waals surface area contributed by atoms with Gasteiger partial charge < -0.3 is 10.5 Å². The maximum atomic E-state index is 5.76. The van der Waals surface area contributed by atoms with Crippen LogP contribution in [-0.4, -0.2) is 17.7 Å². The third-order valence-corrected chi connectivity index (χ3v) is 4.31. The zero-order chi connectivity index (χ0) is 13.1. The molecule has 1 atom stereocenters. The number of nitrogens with two attached hydrogens (primary N) is 1. The molecule has 0 radical (unpaired) electrons. The second kappa shape index (κ2) is 5.72. The van der Waals surface area contributed by atoms with E-state index in [9.17, 15) is 0 Å². The zero-order valence-corrected chi connectivity index (χ0v) is 11.7. The Bertz CT molecular complexity index is 529. The van der Waals surface area contributed by atoms with Crippen LogP contribution >= 0.6 is 11.3 Å². The number of benzene rings is 1. The summed E-state index contributed by atoms with van der Waals surface area (Å²) in [5, 5.41) is 3.28. The van der Waals surface area contributed by atoms with Gasteiger partial charge in [-0.2, -0.15) is 0 Å². The van der Waals surface area contributed by atoms with Crippen LogP contribution in [0.2, 0.25) is 0 Å². The van der Waals surface area contributed by atoms with Gasteiger partial charge in [-0.1, -0.05) is 12.1 Å². The maximum absolute atomic E-state index is 5.76. The lowest BCUT2D eigenvalue weighted by Crippen LogP contribution is -2.21. The number of rotatable bonds is 3. The monoisotopic (exact) mass is 274 g/mol. The van der Waals surface area contributed by atoms with E-state index in [0.717, 1.165) is 36.4 Å². The van der Waals surface area contributed by atoms with Crippen molar-refractivity contribution in [3.63, 3.8) is 0 Å². The van der Waals surface area contributed by atoms with Gasteiger partial charge in [-0.05, 0) is 31.4 Å². The third kappa shape index (κ3) is 3.14. The van der Waals surface area contributed by atoms with Crippen LogP contribution in [0.5, 0.6) is 0 Å². The largest absolute Gasteiger partial charge is 0.399 e. The minimum atomic E-state index is 0.360. The van der Waals surface area contributed by atoms with Gasteiger partial charge in [-0.3, -0.25) is 0 Å². The van der Waals surface area contributed by atoms with Crippen molar-refractivity contribution in [2.24, 2.45) is 0 Å². The normalized spacial score (nSPS) is 19.5. The van der Waals surface area contributed by atoms with Gasteiger partial charge in [0.05, 0.1) is 16.8 Å². The van der Waals surface area contributed by atoms with Crippen molar-refractivity contribution >= 4 is 17.0 Å². The molecule has 0 spiro atoms. The quantitative estimate of drug-likeness (QED) is 0.871. The molecule has 100 valence electrons. The molecule has 0 saturated carbocycles. The van der Waals surface area contributed by atoms with Crippen molar-refractivity contribution in [2.75, 3.05) is 12.3 Å². The number of hydrogen-bond acceptors (Lipinski definition) is 4. The van der Waals surface area contributed by atoms with Gasteiger partial charge in [0.1, 0.15) is 0 Å². The van der Waals surface area contributed by atoms with E-state index in [1.807, 2.05) is 24.3 Å².